The van der Waals surface area contributed by atoms with Crippen LogP contribution in [0.3, 0.4) is 0 Å². The number of hydrogen-bond donors (Lipinski definition) is 1. The van der Waals surface area contributed by atoms with Crippen LogP contribution in [-0.4, -0.2) is 22.7 Å². The van der Waals surface area contributed by atoms with E-state index in [0.29, 0.717) is 13.0 Å². The van der Waals surface area contributed by atoms with Gasteiger partial charge in [-0.2, -0.15) is 4.37 Å². The van der Waals surface area contributed by atoms with Crippen molar-refractivity contribution in [2.24, 2.45) is 0 Å². The van der Waals surface area contributed by atoms with E-state index in [0.717, 1.165) is 25.1 Å². The lowest BCUT2D eigenvalue weighted by Crippen LogP contribution is -2.26. The fourth-order valence-corrected chi connectivity index (χ4v) is 2.24. The van der Waals surface area contributed by atoms with E-state index in [4.69, 9.17) is 4.74 Å². The third-order valence-corrected chi connectivity index (χ3v) is 3.01. The van der Waals surface area contributed by atoms with Gasteiger partial charge >= 0.3 is 0 Å². The molecule has 1 aliphatic rings. The first-order chi connectivity index (χ1) is 6.31. The molecule has 2 heterocycles. The second kappa shape index (κ2) is 3.74. The minimum absolute atomic E-state index is 0.633. The Balaban J connectivity index is 2.17. The minimum Gasteiger partial charge on any atom is -0.383 e. The van der Waals surface area contributed by atoms with Gasteiger partial charge < -0.3 is 9.84 Å². The van der Waals surface area contributed by atoms with Crippen molar-refractivity contribution in [1.82, 2.24) is 4.37 Å². The summed E-state index contributed by atoms with van der Waals surface area (Å²) in [6, 6.07) is 1.90. The zero-order valence-electron chi connectivity index (χ0n) is 7.40. The van der Waals surface area contributed by atoms with E-state index in [-0.39, 0.29) is 0 Å². The Bertz CT molecular complexity index is 253. The topological polar surface area (TPSA) is 42.4 Å². The Hall–Kier alpha value is -0.450. The van der Waals surface area contributed by atoms with Crippen molar-refractivity contribution in [2.45, 2.75) is 24.9 Å². The highest BCUT2D eigenvalue weighted by molar-refractivity contribution is 7.03. The van der Waals surface area contributed by atoms with Gasteiger partial charge in [0.15, 0.2) is 0 Å². The van der Waals surface area contributed by atoms with E-state index in [2.05, 4.69) is 4.37 Å². The van der Waals surface area contributed by atoms with Gasteiger partial charge in [0.1, 0.15) is 5.60 Å². The van der Waals surface area contributed by atoms with Crippen molar-refractivity contribution < 1.29 is 9.84 Å². The Morgan fingerprint density at radius 3 is 3.15 bits per heavy atom. The first-order valence-corrected chi connectivity index (χ1v) is 5.36. The number of nitrogens with zero attached hydrogens (tertiary/aromatic N) is 1. The monoisotopic (exact) mass is 199 g/mol. The molecule has 1 atom stereocenters. The van der Waals surface area contributed by atoms with Gasteiger partial charge in [-0.1, -0.05) is 0 Å². The van der Waals surface area contributed by atoms with Crippen molar-refractivity contribution in [2.75, 3.05) is 13.2 Å². The largest absolute Gasteiger partial charge is 0.383 e. The van der Waals surface area contributed by atoms with E-state index in [1.807, 2.05) is 11.4 Å². The molecule has 0 amide bonds. The van der Waals surface area contributed by atoms with E-state index in [9.17, 15) is 5.11 Å². The number of ether oxygens (including phenoxy) is 1. The maximum atomic E-state index is 10.3. The third kappa shape index (κ3) is 1.90. The molecule has 0 aromatic carbocycles. The highest BCUT2D eigenvalue weighted by Gasteiger charge is 2.31. The number of rotatable bonds is 1. The molecule has 72 valence electrons. The van der Waals surface area contributed by atoms with Crippen molar-refractivity contribution in [3.8, 4) is 0 Å². The maximum Gasteiger partial charge on any atom is 0.110 e. The molecular weight excluding hydrogens is 186 g/mol. The maximum absolute atomic E-state index is 10.3. The lowest BCUT2D eigenvalue weighted by Gasteiger charge is -2.23. The van der Waals surface area contributed by atoms with Crippen LogP contribution in [0.4, 0.5) is 0 Å². The molecule has 0 bridgehead atoms. The quantitative estimate of drug-likeness (QED) is 0.746. The fourth-order valence-electron chi connectivity index (χ4n) is 1.64. The van der Waals surface area contributed by atoms with Gasteiger partial charge in [0.25, 0.3) is 0 Å². The zero-order valence-corrected chi connectivity index (χ0v) is 8.22. The van der Waals surface area contributed by atoms with E-state index in [1.54, 1.807) is 0 Å². The molecular formula is C9H13NO2S. The molecule has 2 rings (SSSR count). The molecule has 1 N–H and O–H groups in total. The Morgan fingerprint density at radius 1 is 1.46 bits per heavy atom. The fraction of sp³-hybridized carbons (Fsp3) is 0.667. The van der Waals surface area contributed by atoms with Crippen LogP contribution in [0.2, 0.25) is 0 Å². The zero-order chi connectivity index (χ0) is 9.15. The van der Waals surface area contributed by atoms with Gasteiger partial charge in [-0.15, -0.1) is 0 Å². The molecule has 4 heteroatoms. The standard InChI is InChI=1S/C9H13NO2S/c11-9(8-2-7-13-10-8)3-1-5-12-6-4-9/h2,7,11H,1,3-6H2. The SMILES string of the molecule is OC1(c2ccsn2)CCCOCC1. The molecule has 1 aliphatic heterocycles. The Kier molecular flexibility index (Phi) is 2.62. The molecule has 1 aromatic rings. The highest BCUT2D eigenvalue weighted by atomic mass is 32.1. The molecule has 0 aliphatic carbocycles. The summed E-state index contributed by atoms with van der Waals surface area (Å²) < 4.78 is 9.49. The second-order valence-electron chi connectivity index (χ2n) is 3.38. The number of aromatic nitrogens is 1. The minimum atomic E-state index is -0.740. The first kappa shape index (κ1) is 9.12. The summed E-state index contributed by atoms with van der Waals surface area (Å²) in [6.45, 7) is 1.39. The van der Waals surface area contributed by atoms with Gasteiger partial charge in [0.05, 0.1) is 5.69 Å². The molecule has 1 unspecified atom stereocenters. The summed E-state index contributed by atoms with van der Waals surface area (Å²) in [5.41, 5.74) is 0.0688. The van der Waals surface area contributed by atoms with Gasteiger partial charge in [0, 0.05) is 25.0 Å². The first-order valence-electron chi connectivity index (χ1n) is 4.52. The van der Waals surface area contributed by atoms with E-state index < -0.39 is 5.60 Å². The predicted octanol–water partition coefficient (Wildman–Crippen LogP) is 1.53. The van der Waals surface area contributed by atoms with Crippen molar-refractivity contribution in [1.29, 1.82) is 0 Å². The molecule has 0 radical (unpaired) electrons. The molecule has 1 saturated heterocycles. The van der Waals surface area contributed by atoms with Crippen LogP contribution in [-0.2, 0) is 10.3 Å². The van der Waals surface area contributed by atoms with E-state index in [1.165, 1.54) is 11.5 Å². The molecule has 1 fully saturated rings. The van der Waals surface area contributed by atoms with Crippen molar-refractivity contribution in [3.63, 3.8) is 0 Å². The Morgan fingerprint density at radius 2 is 2.38 bits per heavy atom. The molecule has 0 spiro atoms. The summed E-state index contributed by atoms with van der Waals surface area (Å²) in [4.78, 5) is 0. The second-order valence-corrected chi connectivity index (χ2v) is 4.05. The summed E-state index contributed by atoms with van der Waals surface area (Å²) in [6.07, 6.45) is 2.33. The summed E-state index contributed by atoms with van der Waals surface area (Å²) >= 11 is 1.39. The van der Waals surface area contributed by atoms with Crippen LogP contribution in [0.5, 0.6) is 0 Å². The predicted molar refractivity (Wildman–Crippen MR) is 50.7 cm³/mol. The normalized spacial score (nSPS) is 29.9. The Labute approximate surface area is 81.5 Å². The molecule has 3 nitrogen and oxygen atoms in total. The van der Waals surface area contributed by atoms with Gasteiger partial charge in [0.2, 0.25) is 0 Å². The molecule has 13 heavy (non-hydrogen) atoms. The van der Waals surface area contributed by atoms with Gasteiger partial charge in [-0.25, -0.2) is 0 Å². The highest BCUT2D eigenvalue weighted by Crippen LogP contribution is 2.31. The molecule has 1 aromatic heterocycles. The van der Waals surface area contributed by atoms with Gasteiger partial charge in [-0.05, 0) is 30.4 Å². The van der Waals surface area contributed by atoms with Crippen LogP contribution < -0.4 is 0 Å². The number of hydrogen-bond acceptors (Lipinski definition) is 4. The van der Waals surface area contributed by atoms with Crippen molar-refractivity contribution in [3.05, 3.63) is 17.1 Å². The third-order valence-electron chi connectivity index (χ3n) is 2.45. The summed E-state index contributed by atoms with van der Waals surface area (Å²) in [5.74, 6) is 0. The summed E-state index contributed by atoms with van der Waals surface area (Å²) in [5, 5.41) is 12.2. The van der Waals surface area contributed by atoms with Gasteiger partial charge in [-0.3, -0.25) is 0 Å². The average Bonchev–Trinajstić information content (AvgIpc) is 2.57. The number of aliphatic hydroxyl groups is 1. The summed E-state index contributed by atoms with van der Waals surface area (Å²) in [7, 11) is 0. The van der Waals surface area contributed by atoms with Crippen LogP contribution in [0.1, 0.15) is 25.0 Å². The van der Waals surface area contributed by atoms with Crippen LogP contribution in [0.25, 0.3) is 0 Å². The van der Waals surface area contributed by atoms with Crippen LogP contribution >= 0.6 is 11.5 Å². The lowest BCUT2D eigenvalue weighted by molar-refractivity contribution is 0.0113. The van der Waals surface area contributed by atoms with Crippen LogP contribution in [0.15, 0.2) is 11.4 Å². The van der Waals surface area contributed by atoms with Crippen LogP contribution in [0, 0.1) is 0 Å². The molecule has 0 saturated carbocycles. The van der Waals surface area contributed by atoms with E-state index >= 15 is 0 Å². The average molecular weight is 199 g/mol. The smallest absolute Gasteiger partial charge is 0.110 e. The lowest BCUT2D eigenvalue weighted by atomic mass is 9.91. The van der Waals surface area contributed by atoms with Crippen molar-refractivity contribution >= 4 is 11.5 Å².